The van der Waals surface area contributed by atoms with E-state index in [1.807, 2.05) is 0 Å². The Morgan fingerprint density at radius 1 is 1.35 bits per heavy atom. The standard InChI is InChI=1S/C11H17N3O3/c12-7-10-8-14(11(15)17-9-10)2-1-13-3-5-16-6-4-13/h10H,1-6,8-9H2. The highest BCUT2D eigenvalue weighted by atomic mass is 16.6. The zero-order chi connectivity index (χ0) is 12.1. The summed E-state index contributed by atoms with van der Waals surface area (Å²) in [6, 6.07) is 2.14. The number of rotatable bonds is 3. The van der Waals surface area contributed by atoms with Crippen LogP contribution in [0.4, 0.5) is 4.79 Å². The molecule has 1 unspecified atom stereocenters. The lowest BCUT2D eigenvalue weighted by atomic mass is 10.1. The first-order valence-electron chi connectivity index (χ1n) is 5.91. The maximum absolute atomic E-state index is 11.5. The summed E-state index contributed by atoms with van der Waals surface area (Å²) in [5.41, 5.74) is 0. The summed E-state index contributed by atoms with van der Waals surface area (Å²) in [5, 5.41) is 8.82. The first kappa shape index (κ1) is 12.1. The van der Waals surface area contributed by atoms with Gasteiger partial charge in [0, 0.05) is 32.7 Å². The highest BCUT2D eigenvalue weighted by Gasteiger charge is 2.27. The third-order valence-corrected chi connectivity index (χ3v) is 3.08. The maximum Gasteiger partial charge on any atom is 0.409 e. The van der Waals surface area contributed by atoms with Gasteiger partial charge >= 0.3 is 6.09 Å². The Morgan fingerprint density at radius 2 is 2.12 bits per heavy atom. The molecule has 2 rings (SSSR count). The van der Waals surface area contributed by atoms with Crippen molar-refractivity contribution in [3.63, 3.8) is 0 Å². The van der Waals surface area contributed by atoms with E-state index in [0.29, 0.717) is 13.1 Å². The Balaban J connectivity index is 1.76. The molecular formula is C11H17N3O3. The highest BCUT2D eigenvalue weighted by Crippen LogP contribution is 2.10. The fourth-order valence-electron chi connectivity index (χ4n) is 2.00. The molecule has 0 aliphatic carbocycles. The van der Waals surface area contributed by atoms with Crippen molar-refractivity contribution < 1.29 is 14.3 Å². The number of amides is 1. The Morgan fingerprint density at radius 3 is 2.82 bits per heavy atom. The molecule has 2 aliphatic rings. The van der Waals surface area contributed by atoms with E-state index in [1.165, 1.54) is 0 Å². The predicted octanol–water partition coefficient (Wildman–Crippen LogP) is -0.0894. The lowest BCUT2D eigenvalue weighted by molar-refractivity contribution is 0.0237. The van der Waals surface area contributed by atoms with E-state index in [0.717, 1.165) is 32.8 Å². The minimum Gasteiger partial charge on any atom is -0.448 e. The number of cyclic esters (lactones) is 1. The van der Waals surface area contributed by atoms with Gasteiger partial charge in [0.1, 0.15) is 6.61 Å². The average molecular weight is 239 g/mol. The van der Waals surface area contributed by atoms with Crippen LogP contribution in [0.1, 0.15) is 0 Å². The second kappa shape index (κ2) is 5.84. The fourth-order valence-corrected chi connectivity index (χ4v) is 2.00. The first-order valence-corrected chi connectivity index (χ1v) is 5.91. The van der Waals surface area contributed by atoms with Crippen molar-refractivity contribution in [1.82, 2.24) is 9.80 Å². The van der Waals surface area contributed by atoms with Crippen LogP contribution in [0.25, 0.3) is 0 Å². The number of hydrogen-bond acceptors (Lipinski definition) is 5. The molecule has 0 radical (unpaired) electrons. The van der Waals surface area contributed by atoms with E-state index in [9.17, 15) is 4.79 Å². The molecule has 0 aromatic carbocycles. The lowest BCUT2D eigenvalue weighted by Gasteiger charge is -2.32. The minimum absolute atomic E-state index is 0.197. The third-order valence-electron chi connectivity index (χ3n) is 3.08. The van der Waals surface area contributed by atoms with Gasteiger partial charge in [0.15, 0.2) is 0 Å². The molecule has 2 saturated heterocycles. The Kier molecular flexibility index (Phi) is 4.18. The molecule has 17 heavy (non-hydrogen) atoms. The Bertz CT molecular complexity index is 310. The van der Waals surface area contributed by atoms with Crippen molar-refractivity contribution in [3.8, 4) is 6.07 Å². The van der Waals surface area contributed by atoms with Crippen LogP contribution in [0, 0.1) is 17.2 Å². The van der Waals surface area contributed by atoms with Gasteiger partial charge < -0.3 is 14.4 Å². The summed E-state index contributed by atoms with van der Waals surface area (Å²) in [6.45, 7) is 5.47. The van der Waals surface area contributed by atoms with Gasteiger partial charge in [-0.05, 0) is 0 Å². The number of ether oxygens (including phenoxy) is 2. The summed E-state index contributed by atoms with van der Waals surface area (Å²) in [7, 11) is 0. The number of nitriles is 1. The lowest BCUT2D eigenvalue weighted by Crippen LogP contribution is -2.47. The number of hydrogen-bond donors (Lipinski definition) is 0. The number of carbonyl (C=O) groups excluding carboxylic acids is 1. The number of morpholine rings is 1. The molecule has 1 atom stereocenters. The fraction of sp³-hybridized carbons (Fsp3) is 0.818. The summed E-state index contributed by atoms with van der Waals surface area (Å²) in [5.74, 6) is -0.197. The summed E-state index contributed by atoms with van der Waals surface area (Å²) in [6.07, 6.45) is -0.301. The van der Waals surface area contributed by atoms with E-state index < -0.39 is 0 Å². The van der Waals surface area contributed by atoms with E-state index in [-0.39, 0.29) is 18.6 Å². The normalized spacial score (nSPS) is 26.4. The van der Waals surface area contributed by atoms with E-state index in [2.05, 4.69) is 11.0 Å². The largest absolute Gasteiger partial charge is 0.448 e. The Labute approximate surface area is 101 Å². The molecule has 0 saturated carbocycles. The molecule has 2 fully saturated rings. The molecule has 6 heteroatoms. The SMILES string of the molecule is N#CC1COC(=O)N(CCN2CCOCC2)C1. The van der Waals surface area contributed by atoms with E-state index in [1.54, 1.807) is 4.90 Å². The molecule has 6 nitrogen and oxygen atoms in total. The number of nitrogens with zero attached hydrogens (tertiary/aromatic N) is 3. The molecule has 0 N–H and O–H groups in total. The molecule has 0 spiro atoms. The van der Waals surface area contributed by atoms with Crippen LogP contribution >= 0.6 is 0 Å². The minimum atomic E-state index is -0.301. The van der Waals surface area contributed by atoms with Crippen molar-refractivity contribution in [1.29, 1.82) is 5.26 Å². The predicted molar refractivity (Wildman–Crippen MR) is 59.3 cm³/mol. The van der Waals surface area contributed by atoms with Crippen molar-refractivity contribution in [3.05, 3.63) is 0 Å². The summed E-state index contributed by atoms with van der Waals surface area (Å²) < 4.78 is 10.2. The molecular weight excluding hydrogens is 222 g/mol. The topological polar surface area (TPSA) is 65.8 Å². The second-order valence-corrected chi connectivity index (χ2v) is 4.30. The van der Waals surface area contributed by atoms with Gasteiger partial charge in [0.05, 0.1) is 25.2 Å². The third kappa shape index (κ3) is 3.32. The second-order valence-electron chi connectivity index (χ2n) is 4.30. The molecule has 0 aromatic heterocycles. The summed E-state index contributed by atoms with van der Waals surface area (Å²) in [4.78, 5) is 15.4. The van der Waals surface area contributed by atoms with Crippen molar-refractivity contribution >= 4 is 6.09 Å². The van der Waals surface area contributed by atoms with Gasteiger partial charge in [-0.1, -0.05) is 0 Å². The van der Waals surface area contributed by atoms with Gasteiger partial charge in [-0.15, -0.1) is 0 Å². The van der Waals surface area contributed by atoms with Gasteiger partial charge in [-0.3, -0.25) is 4.90 Å². The van der Waals surface area contributed by atoms with E-state index in [4.69, 9.17) is 14.7 Å². The highest BCUT2D eigenvalue weighted by molar-refractivity contribution is 5.68. The van der Waals surface area contributed by atoms with E-state index >= 15 is 0 Å². The molecule has 0 bridgehead atoms. The Hall–Kier alpha value is -1.32. The monoisotopic (exact) mass is 239 g/mol. The van der Waals surface area contributed by atoms with Crippen LogP contribution in [0.15, 0.2) is 0 Å². The zero-order valence-corrected chi connectivity index (χ0v) is 9.80. The molecule has 94 valence electrons. The number of carbonyl (C=O) groups is 1. The zero-order valence-electron chi connectivity index (χ0n) is 9.80. The van der Waals surface area contributed by atoms with Crippen LogP contribution in [-0.2, 0) is 9.47 Å². The molecule has 2 heterocycles. The summed E-state index contributed by atoms with van der Waals surface area (Å²) >= 11 is 0. The van der Waals surface area contributed by atoms with Crippen molar-refractivity contribution in [2.45, 2.75) is 0 Å². The van der Waals surface area contributed by atoms with Gasteiger partial charge in [0.2, 0.25) is 0 Å². The van der Waals surface area contributed by atoms with Crippen LogP contribution in [0.2, 0.25) is 0 Å². The molecule has 0 aromatic rings. The van der Waals surface area contributed by atoms with Crippen LogP contribution in [0.5, 0.6) is 0 Å². The van der Waals surface area contributed by atoms with Gasteiger partial charge in [-0.25, -0.2) is 4.79 Å². The van der Waals surface area contributed by atoms with Gasteiger partial charge in [-0.2, -0.15) is 5.26 Å². The van der Waals surface area contributed by atoms with Crippen LogP contribution in [-0.4, -0.2) is 68.4 Å². The van der Waals surface area contributed by atoms with Gasteiger partial charge in [0.25, 0.3) is 0 Å². The maximum atomic E-state index is 11.5. The first-order chi connectivity index (χ1) is 8.29. The molecule has 2 aliphatic heterocycles. The van der Waals surface area contributed by atoms with Crippen molar-refractivity contribution in [2.75, 3.05) is 52.5 Å². The smallest absolute Gasteiger partial charge is 0.409 e. The quantitative estimate of drug-likeness (QED) is 0.688. The van der Waals surface area contributed by atoms with Crippen LogP contribution in [0.3, 0.4) is 0 Å². The molecule has 1 amide bonds. The van der Waals surface area contributed by atoms with Crippen LogP contribution < -0.4 is 0 Å². The average Bonchev–Trinajstić information content (AvgIpc) is 2.39. The van der Waals surface area contributed by atoms with Crippen molar-refractivity contribution in [2.24, 2.45) is 5.92 Å².